The van der Waals surface area contributed by atoms with Crippen molar-refractivity contribution in [3.8, 4) is 11.5 Å². The van der Waals surface area contributed by atoms with E-state index in [1.54, 1.807) is 7.11 Å². The highest BCUT2D eigenvalue weighted by Crippen LogP contribution is 2.52. The summed E-state index contributed by atoms with van der Waals surface area (Å²) in [5.74, 6) is 3.51. The lowest BCUT2D eigenvalue weighted by molar-refractivity contribution is 0.254. The topological polar surface area (TPSA) is 30.5 Å². The van der Waals surface area contributed by atoms with Crippen molar-refractivity contribution in [2.75, 3.05) is 20.2 Å². The van der Waals surface area contributed by atoms with Crippen LogP contribution in [0, 0.1) is 5.92 Å². The number of rotatable bonds is 6. The Hall–Kier alpha value is -1.22. The van der Waals surface area contributed by atoms with Crippen molar-refractivity contribution in [2.45, 2.75) is 45.1 Å². The van der Waals surface area contributed by atoms with E-state index in [4.69, 9.17) is 9.47 Å². The van der Waals surface area contributed by atoms with Crippen molar-refractivity contribution in [1.29, 1.82) is 0 Å². The predicted octanol–water partition coefficient (Wildman–Crippen LogP) is 3.12. The average molecular weight is 275 g/mol. The fourth-order valence-electron chi connectivity index (χ4n) is 3.24. The molecule has 1 fully saturated rings. The van der Waals surface area contributed by atoms with Crippen molar-refractivity contribution >= 4 is 0 Å². The van der Waals surface area contributed by atoms with Gasteiger partial charge in [0.05, 0.1) is 7.11 Å². The second-order valence-electron chi connectivity index (χ2n) is 6.14. The molecular formula is C17H25NO2. The fraction of sp³-hybridized carbons (Fsp3) is 0.647. The van der Waals surface area contributed by atoms with Gasteiger partial charge in [0.2, 0.25) is 0 Å². The zero-order valence-electron chi connectivity index (χ0n) is 12.7. The minimum Gasteiger partial charge on any atom is -0.496 e. The molecule has 3 nitrogen and oxygen atoms in total. The Kier molecular flexibility index (Phi) is 3.88. The number of nitrogens with one attached hydrogen (secondary N) is 1. The normalized spacial score (nSPS) is 27.1. The monoisotopic (exact) mass is 275 g/mol. The molecule has 1 aliphatic carbocycles. The maximum absolute atomic E-state index is 5.89. The Morgan fingerprint density at radius 3 is 3.00 bits per heavy atom. The average Bonchev–Trinajstić information content (AvgIpc) is 3.10. The second-order valence-corrected chi connectivity index (χ2v) is 6.14. The Morgan fingerprint density at radius 2 is 2.25 bits per heavy atom. The molecule has 0 spiro atoms. The first-order chi connectivity index (χ1) is 9.72. The van der Waals surface area contributed by atoms with Gasteiger partial charge in [-0.3, -0.25) is 0 Å². The molecule has 110 valence electrons. The van der Waals surface area contributed by atoms with Gasteiger partial charge in [-0.2, -0.15) is 0 Å². The first-order valence-corrected chi connectivity index (χ1v) is 7.81. The van der Waals surface area contributed by atoms with Crippen molar-refractivity contribution in [2.24, 2.45) is 5.92 Å². The molecule has 3 unspecified atom stereocenters. The van der Waals surface area contributed by atoms with E-state index >= 15 is 0 Å². The Balaban J connectivity index is 1.72. The summed E-state index contributed by atoms with van der Waals surface area (Å²) in [5.41, 5.74) is 2.63. The van der Waals surface area contributed by atoms with Crippen LogP contribution in [0.3, 0.4) is 0 Å². The van der Waals surface area contributed by atoms with Gasteiger partial charge in [0.1, 0.15) is 17.6 Å². The zero-order valence-corrected chi connectivity index (χ0v) is 12.7. The van der Waals surface area contributed by atoms with E-state index in [0.717, 1.165) is 36.9 Å². The molecule has 1 aliphatic heterocycles. The smallest absolute Gasteiger partial charge is 0.123 e. The van der Waals surface area contributed by atoms with Gasteiger partial charge in [-0.05, 0) is 56.8 Å². The molecule has 0 aromatic heterocycles. The summed E-state index contributed by atoms with van der Waals surface area (Å²) in [6.45, 7) is 6.57. The molecule has 0 amide bonds. The van der Waals surface area contributed by atoms with Crippen molar-refractivity contribution in [3.63, 3.8) is 0 Å². The summed E-state index contributed by atoms with van der Waals surface area (Å²) in [7, 11) is 1.77. The number of benzene rings is 1. The van der Waals surface area contributed by atoms with E-state index < -0.39 is 0 Å². The predicted molar refractivity (Wildman–Crippen MR) is 80.8 cm³/mol. The van der Waals surface area contributed by atoms with Crippen LogP contribution in [0.2, 0.25) is 0 Å². The van der Waals surface area contributed by atoms with Crippen molar-refractivity contribution in [1.82, 2.24) is 5.32 Å². The van der Waals surface area contributed by atoms with E-state index in [2.05, 4.69) is 31.3 Å². The van der Waals surface area contributed by atoms with Crippen LogP contribution in [0.4, 0.5) is 0 Å². The minimum absolute atomic E-state index is 0.297. The molecular weight excluding hydrogens is 250 g/mol. The van der Waals surface area contributed by atoms with Crippen LogP contribution in [-0.4, -0.2) is 26.3 Å². The van der Waals surface area contributed by atoms with Crippen LogP contribution < -0.4 is 14.8 Å². The van der Waals surface area contributed by atoms with Crippen LogP contribution in [-0.2, 0) is 6.42 Å². The van der Waals surface area contributed by atoms with E-state index in [-0.39, 0.29) is 0 Å². The zero-order chi connectivity index (χ0) is 14.1. The van der Waals surface area contributed by atoms with Gasteiger partial charge >= 0.3 is 0 Å². The van der Waals surface area contributed by atoms with E-state index in [1.165, 1.54) is 24.0 Å². The Morgan fingerprint density at radius 1 is 1.40 bits per heavy atom. The molecule has 2 aliphatic rings. The van der Waals surface area contributed by atoms with Gasteiger partial charge in [-0.25, -0.2) is 0 Å². The van der Waals surface area contributed by atoms with Crippen molar-refractivity contribution < 1.29 is 9.47 Å². The molecule has 3 rings (SSSR count). The maximum Gasteiger partial charge on any atom is 0.123 e. The quantitative estimate of drug-likeness (QED) is 0.809. The third-order valence-electron chi connectivity index (χ3n) is 4.40. The second kappa shape index (κ2) is 5.65. The molecule has 3 atom stereocenters. The summed E-state index contributed by atoms with van der Waals surface area (Å²) in [6, 6.07) is 4.41. The lowest BCUT2D eigenvalue weighted by atomic mass is 10.0. The summed E-state index contributed by atoms with van der Waals surface area (Å²) < 4.78 is 11.5. The highest BCUT2D eigenvalue weighted by Gasteiger charge is 2.40. The van der Waals surface area contributed by atoms with Crippen LogP contribution in [0.5, 0.6) is 11.5 Å². The number of ether oxygens (including phenoxy) is 2. The highest BCUT2D eigenvalue weighted by molar-refractivity contribution is 5.51. The SMILES string of the molecule is CCCNCC1CC1c1cc2c(cc1OC)CC(C)O2. The molecule has 0 bridgehead atoms. The molecule has 1 aromatic carbocycles. The molecule has 20 heavy (non-hydrogen) atoms. The van der Waals surface area contributed by atoms with E-state index in [0.29, 0.717) is 12.0 Å². The molecule has 1 aromatic rings. The third-order valence-corrected chi connectivity index (χ3v) is 4.40. The number of hydrogen-bond acceptors (Lipinski definition) is 3. The Bertz CT molecular complexity index is 486. The molecule has 0 radical (unpaired) electrons. The van der Waals surface area contributed by atoms with E-state index in [9.17, 15) is 0 Å². The molecule has 0 saturated heterocycles. The van der Waals surface area contributed by atoms with Gasteiger partial charge in [0, 0.05) is 17.5 Å². The maximum atomic E-state index is 5.89. The lowest BCUT2D eigenvalue weighted by Crippen LogP contribution is -2.17. The third kappa shape index (κ3) is 2.64. The van der Waals surface area contributed by atoms with Crippen molar-refractivity contribution in [3.05, 3.63) is 23.3 Å². The standard InChI is InChI=1S/C17H25NO2/c1-4-5-18-10-13-7-14(13)15-9-16-12(6-11(2)20-16)8-17(15)19-3/h8-9,11,13-14,18H,4-7,10H2,1-3H3. The summed E-state index contributed by atoms with van der Waals surface area (Å²) in [4.78, 5) is 0. The number of fused-ring (bicyclic) bond motifs is 1. The highest BCUT2D eigenvalue weighted by atomic mass is 16.5. The van der Waals surface area contributed by atoms with Gasteiger partial charge in [0.15, 0.2) is 0 Å². The molecule has 1 saturated carbocycles. The molecule has 1 N–H and O–H groups in total. The van der Waals surface area contributed by atoms with Gasteiger partial charge in [0.25, 0.3) is 0 Å². The number of hydrogen-bond donors (Lipinski definition) is 1. The largest absolute Gasteiger partial charge is 0.496 e. The van der Waals surface area contributed by atoms with Gasteiger partial charge in [-0.1, -0.05) is 6.92 Å². The molecule has 1 heterocycles. The van der Waals surface area contributed by atoms with Crippen LogP contribution >= 0.6 is 0 Å². The van der Waals surface area contributed by atoms with Crippen LogP contribution in [0.1, 0.15) is 43.7 Å². The van der Waals surface area contributed by atoms with Crippen LogP contribution in [0.15, 0.2) is 12.1 Å². The number of methoxy groups -OCH3 is 1. The molecule has 3 heteroatoms. The van der Waals surface area contributed by atoms with Gasteiger partial charge < -0.3 is 14.8 Å². The first kappa shape index (κ1) is 13.7. The summed E-state index contributed by atoms with van der Waals surface area (Å²) in [6.07, 6.45) is 3.76. The Labute approximate surface area is 121 Å². The fourth-order valence-corrected chi connectivity index (χ4v) is 3.24. The van der Waals surface area contributed by atoms with E-state index in [1.807, 2.05) is 0 Å². The first-order valence-electron chi connectivity index (χ1n) is 7.81. The van der Waals surface area contributed by atoms with Gasteiger partial charge in [-0.15, -0.1) is 0 Å². The lowest BCUT2D eigenvalue weighted by Gasteiger charge is -2.11. The summed E-state index contributed by atoms with van der Waals surface area (Å²) in [5, 5.41) is 3.52. The van der Waals surface area contributed by atoms with Crippen LogP contribution in [0.25, 0.3) is 0 Å². The summed E-state index contributed by atoms with van der Waals surface area (Å²) >= 11 is 0. The minimum atomic E-state index is 0.297.